The lowest BCUT2D eigenvalue weighted by atomic mass is 9.93. The standard InChI is InChI=1S/C25H37O7PS/c1-8-31-33(26,32-9-2)17-34(27,28)22-12-19(5)24(20(6)13-22)15-21-10-11-25(30-16-29-7)23(14-21)18(3)4/h10-14,18H,8-9,15-17H2,1-7H3. The van der Waals surface area contributed by atoms with E-state index in [0.29, 0.717) is 6.42 Å². The van der Waals surface area contributed by atoms with Crippen LogP contribution in [0.2, 0.25) is 0 Å². The van der Waals surface area contributed by atoms with E-state index in [1.54, 1.807) is 33.1 Å². The maximum absolute atomic E-state index is 13.1. The molecule has 7 nitrogen and oxygen atoms in total. The topological polar surface area (TPSA) is 88.1 Å². The Kier molecular flexibility index (Phi) is 10.3. The summed E-state index contributed by atoms with van der Waals surface area (Å²) in [5, 5.41) is 0. The van der Waals surface area contributed by atoms with Gasteiger partial charge in [0.1, 0.15) is 5.75 Å². The molecule has 0 bridgehead atoms. The van der Waals surface area contributed by atoms with Crippen molar-refractivity contribution >= 4 is 17.4 Å². The molecular weight excluding hydrogens is 475 g/mol. The summed E-state index contributed by atoms with van der Waals surface area (Å²) in [6, 6.07) is 9.37. The van der Waals surface area contributed by atoms with Crippen LogP contribution in [0, 0.1) is 13.8 Å². The van der Waals surface area contributed by atoms with Gasteiger partial charge in [-0.25, -0.2) is 8.42 Å². The molecule has 0 atom stereocenters. The second-order valence-electron chi connectivity index (χ2n) is 8.48. The van der Waals surface area contributed by atoms with Crippen molar-refractivity contribution in [1.29, 1.82) is 0 Å². The number of hydrogen-bond donors (Lipinski definition) is 0. The lowest BCUT2D eigenvalue weighted by Crippen LogP contribution is -2.12. The van der Waals surface area contributed by atoms with Crippen LogP contribution < -0.4 is 4.74 Å². The number of rotatable bonds is 13. The lowest BCUT2D eigenvalue weighted by molar-refractivity contribution is 0.0502. The quantitative estimate of drug-likeness (QED) is 0.240. The SMILES string of the molecule is CCOP(=O)(CS(=O)(=O)c1cc(C)c(Cc2ccc(OCOC)c(C(C)C)c2)c(C)c1)OCC. The fraction of sp³-hybridized carbons (Fsp3) is 0.520. The van der Waals surface area contributed by atoms with Crippen molar-refractivity contribution in [2.45, 2.75) is 58.8 Å². The Hall–Kier alpha value is -1.70. The van der Waals surface area contributed by atoms with Crippen LogP contribution in [-0.4, -0.2) is 41.0 Å². The molecule has 2 aromatic carbocycles. The molecule has 0 radical (unpaired) electrons. The normalized spacial score (nSPS) is 12.4. The third kappa shape index (κ3) is 7.40. The molecule has 0 aliphatic heterocycles. The molecule has 0 aliphatic rings. The van der Waals surface area contributed by atoms with Gasteiger partial charge in [-0.1, -0.05) is 26.0 Å². The van der Waals surface area contributed by atoms with Gasteiger partial charge in [-0.2, -0.15) is 0 Å². The zero-order chi connectivity index (χ0) is 25.5. The van der Waals surface area contributed by atoms with Crippen LogP contribution in [0.5, 0.6) is 5.75 Å². The highest BCUT2D eigenvalue weighted by Crippen LogP contribution is 2.50. The Morgan fingerprint density at radius 1 is 0.971 bits per heavy atom. The molecule has 34 heavy (non-hydrogen) atoms. The van der Waals surface area contributed by atoms with Crippen LogP contribution >= 0.6 is 7.60 Å². The fourth-order valence-electron chi connectivity index (χ4n) is 3.82. The molecule has 2 aromatic rings. The van der Waals surface area contributed by atoms with Crippen molar-refractivity contribution < 1.29 is 31.5 Å². The first-order valence-electron chi connectivity index (χ1n) is 11.4. The van der Waals surface area contributed by atoms with E-state index in [0.717, 1.165) is 33.6 Å². The predicted octanol–water partition coefficient (Wildman–Crippen LogP) is 6.00. The highest BCUT2D eigenvalue weighted by Gasteiger charge is 2.33. The Bertz CT molecular complexity index is 1090. The molecule has 2 rings (SSSR count). The average molecular weight is 513 g/mol. The Labute approximate surface area is 204 Å². The van der Waals surface area contributed by atoms with Gasteiger partial charge in [0.05, 0.1) is 18.1 Å². The second kappa shape index (κ2) is 12.3. The van der Waals surface area contributed by atoms with Crippen LogP contribution in [0.3, 0.4) is 0 Å². The van der Waals surface area contributed by atoms with Crippen molar-refractivity contribution in [3.63, 3.8) is 0 Å². The minimum atomic E-state index is -3.87. The Balaban J connectivity index is 2.36. The van der Waals surface area contributed by atoms with Gasteiger partial charge in [0.15, 0.2) is 22.1 Å². The molecule has 0 heterocycles. The summed E-state index contributed by atoms with van der Waals surface area (Å²) in [5.41, 5.74) is 4.27. The zero-order valence-electron chi connectivity index (χ0n) is 21.2. The molecule has 0 aliphatic carbocycles. The molecule has 0 amide bonds. The minimum absolute atomic E-state index is 0.109. The van der Waals surface area contributed by atoms with E-state index in [9.17, 15) is 13.0 Å². The molecule has 0 spiro atoms. The highest BCUT2D eigenvalue weighted by atomic mass is 32.2. The molecule has 0 N–H and O–H groups in total. The van der Waals surface area contributed by atoms with E-state index < -0.39 is 22.9 Å². The van der Waals surface area contributed by atoms with E-state index in [4.69, 9.17) is 18.5 Å². The summed E-state index contributed by atoms with van der Waals surface area (Å²) < 4.78 is 60.0. The second-order valence-corrected chi connectivity index (χ2v) is 13.0. The maximum Gasteiger partial charge on any atom is 0.346 e. The molecule has 0 fully saturated rings. The average Bonchev–Trinajstić information content (AvgIpc) is 2.74. The van der Waals surface area contributed by atoms with Gasteiger partial charge in [0.25, 0.3) is 0 Å². The van der Waals surface area contributed by atoms with Crippen LogP contribution in [0.1, 0.15) is 61.4 Å². The van der Waals surface area contributed by atoms with Crippen LogP contribution in [-0.2, 0) is 34.6 Å². The molecule has 0 saturated carbocycles. The lowest BCUT2D eigenvalue weighted by Gasteiger charge is -2.19. The predicted molar refractivity (Wildman–Crippen MR) is 135 cm³/mol. The zero-order valence-corrected chi connectivity index (χ0v) is 22.9. The monoisotopic (exact) mass is 512 g/mol. The van der Waals surface area contributed by atoms with Crippen molar-refractivity contribution in [1.82, 2.24) is 0 Å². The van der Waals surface area contributed by atoms with Gasteiger partial charge in [-0.15, -0.1) is 0 Å². The van der Waals surface area contributed by atoms with E-state index in [-0.39, 0.29) is 30.8 Å². The van der Waals surface area contributed by atoms with Gasteiger partial charge in [-0.3, -0.25) is 4.57 Å². The number of benzene rings is 2. The van der Waals surface area contributed by atoms with Gasteiger partial charge < -0.3 is 18.5 Å². The molecule has 0 unspecified atom stereocenters. The molecule has 9 heteroatoms. The first kappa shape index (κ1) is 28.5. The van der Waals surface area contributed by atoms with E-state index in [2.05, 4.69) is 19.9 Å². The molecule has 0 aromatic heterocycles. The number of methoxy groups -OCH3 is 1. The maximum atomic E-state index is 13.1. The van der Waals surface area contributed by atoms with E-state index in [1.165, 1.54) is 0 Å². The Morgan fingerprint density at radius 3 is 2.06 bits per heavy atom. The first-order valence-corrected chi connectivity index (χ1v) is 14.8. The largest absolute Gasteiger partial charge is 0.467 e. The number of sulfone groups is 1. The minimum Gasteiger partial charge on any atom is -0.467 e. The number of ether oxygens (including phenoxy) is 2. The van der Waals surface area contributed by atoms with Crippen molar-refractivity contribution in [3.8, 4) is 5.75 Å². The molecular formula is C25H37O7PS. The third-order valence-corrected chi connectivity index (χ3v) is 10.3. The van der Waals surface area contributed by atoms with Gasteiger partial charge >= 0.3 is 7.60 Å². The van der Waals surface area contributed by atoms with E-state index >= 15 is 0 Å². The summed E-state index contributed by atoms with van der Waals surface area (Å²) in [6.45, 7) is 11.7. The van der Waals surface area contributed by atoms with Gasteiger partial charge in [0, 0.05) is 7.11 Å². The summed E-state index contributed by atoms with van der Waals surface area (Å²) in [6.07, 6.45) is 0.651. The number of aryl methyl sites for hydroxylation is 2. The van der Waals surface area contributed by atoms with Crippen LogP contribution in [0.25, 0.3) is 0 Å². The first-order chi connectivity index (χ1) is 16.0. The Morgan fingerprint density at radius 2 is 1.56 bits per heavy atom. The third-order valence-electron chi connectivity index (χ3n) is 5.42. The van der Waals surface area contributed by atoms with Crippen LogP contribution in [0.4, 0.5) is 0 Å². The van der Waals surface area contributed by atoms with Crippen molar-refractivity contribution in [2.75, 3.05) is 32.6 Å². The molecule has 0 saturated heterocycles. The van der Waals surface area contributed by atoms with Crippen LogP contribution in [0.15, 0.2) is 35.2 Å². The molecule has 190 valence electrons. The summed E-state index contributed by atoms with van der Waals surface area (Å²) in [7, 11) is -6.02. The summed E-state index contributed by atoms with van der Waals surface area (Å²) in [5.74, 6) is 1.07. The summed E-state index contributed by atoms with van der Waals surface area (Å²) >= 11 is 0. The highest BCUT2D eigenvalue weighted by molar-refractivity contribution is 7.97. The van der Waals surface area contributed by atoms with Crippen molar-refractivity contribution in [2.24, 2.45) is 0 Å². The van der Waals surface area contributed by atoms with E-state index in [1.807, 2.05) is 26.0 Å². The smallest absolute Gasteiger partial charge is 0.346 e. The fourth-order valence-corrected chi connectivity index (χ4v) is 8.25. The number of hydrogen-bond acceptors (Lipinski definition) is 7. The van der Waals surface area contributed by atoms with Gasteiger partial charge in [0.2, 0.25) is 0 Å². The van der Waals surface area contributed by atoms with Gasteiger partial charge in [-0.05, 0) is 86.1 Å². The summed E-state index contributed by atoms with van der Waals surface area (Å²) in [4.78, 5) is 0.122. The van der Waals surface area contributed by atoms with Crippen molar-refractivity contribution in [3.05, 3.63) is 58.1 Å².